The van der Waals surface area contributed by atoms with Crippen molar-refractivity contribution in [2.75, 3.05) is 19.6 Å². The Morgan fingerprint density at radius 3 is 2.75 bits per heavy atom. The normalized spacial score (nSPS) is 20.6. The van der Waals surface area contributed by atoms with Crippen LogP contribution in [0.5, 0.6) is 0 Å². The Kier molecular flexibility index (Phi) is 5.29. The molecule has 16 heavy (non-hydrogen) atoms. The third kappa shape index (κ3) is 3.51. The van der Waals surface area contributed by atoms with Crippen LogP contribution in [0.25, 0.3) is 0 Å². The summed E-state index contributed by atoms with van der Waals surface area (Å²) in [5.41, 5.74) is 0. The molecule has 1 heterocycles. The molecule has 1 unspecified atom stereocenters. The second kappa shape index (κ2) is 6.51. The lowest BCUT2D eigenvalue weighted by molar-refractivity contribution is -0.135. The molecule has 1 aliphatic rings. The Balaban J connectivity index is 2.46. The Bertz CT molecular complexity index is 229. The first-order valence-corrected chi connectivity index (χ1v) is 6.24. The summed E-state index contributed by atoms with van der Waals surface area (Å²) in [5, 5.41) is 2.83. The van der Waals surface area contributed by atoms with Crippen LogP contribution in [0.4, 0.5) is 0 Å². The highest BCUT2D eigenvalue weighted by molar-refractivity contribution is 5.81. The van der Waals surface area contributed by atoms with Crippen molar-refractivity contribution in [1.29, 1.82) is 0 Å². The number of piperidine rings is 1. The molecule has 0 bridgehead atoms. The van der Waals surface area contributed by atoms with E-state index in [1.165, 1.54) is 0 Å². The monoisotopic (exact) mass is 226 g/mol. The van der Waals surface area contributed by atoms with Crippen molar-refractivity contribution in [3.8, 4) is 0 Å². The third-order valence-corrected chi connectivity index (χ3v) is 2.96. The molecule has 4 nitrogen and oxygen atoms in total. The summed E-state index contributed by atoms with van der Waals surface area (Å²) in [7, 11) is 0. The van der Waals surface area contributed by atoms with Crippen molar-refractivity contribution >= 4 is 11.8 Å². The van der Waals surface area contributed by atoms with Crippen molar-refractivity contribution in [1.82, 2.24) is 10.2 Å². The molecule has 0 spiro atoms. The molecule has 1 atom stereocenters. The Morgan fingerprint density at radius 1 is 1.38 bits per heavy atom. The van der Waals surface area contributed by atoms with Crippen molar-refractivity contribution < 1.29 is 9.59 Å². The summed E-state index contributed by atoms with van der Waals surface area (Å²) in [6.07, 6.45) is 3.32. The minimum Gasteiger partial charge on any atom is -0.356 e. The third-order valence-electron chi connectivity index (χ3n) is 2.96. The zero-order valence-electron chi connectivity index (χ0n) is 10.3. The highest BCUT2D eigenvalue weighted by Gasteiger charge is 2.27. The fourth-order valence-electron chi connectivity index (χ4n) is 2.11. The molecule has 4 heteroatoms. The molecular weight excluding hydrogens is 204 g/mol. The maximum atomic E-state index is 11.7. The molecule has 0 aromatic carbocycles. The van der Waals surface area contributed by atoms with E-state index in [1.54, 1.807) is 0 Å². The average molecular weight is 226 g/mol. The van der Waals surface area contributed by atoms with E-state index in [0.717, 1.165) is 25.8 Å². The maximum Gasteiger partial charge on any atom is 0.224 e. The molecule has 1 rings (SSSR count). The molecule has 1 aliphatic heterocycles. The Labute approximate surface area is 97.4 Å². The Morgan fingerprint density at radius 2 is 2.12 bits per heavy atom. The lowest BCUT2D eigenvalue weighted by Crippen LogP contribution is -2.45. The van der Waals surface area contributed by atoms with Gasteiger partial charge >= 0.3 is 0 Å². The number of rotatable bonds is 4. The van der Waals surface area contributed by atoms with Gasteiger partial charge < -0.3 is 10.2 Å². The highest BCUT2D eigenvalue weighted by atomic mass is 16.2. The van der Waals surface area contributed by atoms with Gasteiger partial charge in [0, 0.05) is 26.1 Å². The van der Waals surface area contributed by atoms with Crippen molar-refractivity contribution in [2.45, 2.75) is 39.5 Å². The number of nitrogens with one attached hydrogen (secondary N) is 1. The van der Waals surface area contributed by atoms with Crippen LogP contribution < -0.4 is 5.32 Å². The quantitative estimate of drug-likeness (QED) is 0.782. The number of carbonyl (C=O) groups is 2. The van der Waals surface area contributed by atoms with Crippen molar-refractivity contribution in [2.24, 2.45) is 5.92 Å². The first kappa shape index (κ1) is 13.0. The molecule has 0 aliphatic carbocycles. The highest BCUT2D eigenvalue weighted by Crippen LogP contribution is 2.17. The van der Waals surface area contributed by atoms with Crippen LogP contribution in [-0.4, -0.2) is 36.3 Å². The summed E-state index contributed by atoms with van der Waals surface area (Å²) < 4.78 is 0. The number of nitrogens with zero attached hydrogens (tertiary/aromatic N) is 1. The van der Waals surface area contributed by atoms with Gasteiger partial charge in [-0.25, -0.2) is 0 Å². The molecule has 2 amide bonds. The van der Waals surface area contributed by atoms with E-state index in [0.29, 0.717) is 19.5 Å². The number of likely N-dealkylation sites (tertiary alicyclic amines) is 1. The van der Waals surface area contributed by atoms with E-state index in [9.17, 15) is 9.59 Å². The van der Waals surface area contributed by atoms with Crippen LogP contribution in [-0.2, 0) is 9.59 Å². The van der Waals surface area contributed by atoms with Crippen molar-refractivity contribution in [3.63, 3.8) is 0 Å². The van der Waals surface area contributed by atoms with Crippen LogP contribution in [0.15, 0.2) is 0 Å². The molecule has 1 N–H and O–H groups in total. The SMILES string of the molecule is CCCC(=O)N1CCCC(C(=O)NCC)C1. The summed E-state index contributed by atoms with van der Waals surface area (Å²) in [6, 6.07) is 0. The van der Waals surface area contributed by atoms with Gasteiger partial charge in [0.2, 0.25) is 11.8 Å². The minimum atomic E-state index is -0.00509. The summed E-state index contributed by atoms with van der Waals surface area (Å²) in [6.45, 7) is 6.00. The molecule has 1 saturated heterocycles. The van der Waals surface area contributed by atoms with E-state index >= 15 is 0 Å². The van der Waals surface area contributed by atoms with Gasteiger partial charge in [-0.05, 0) is 26.2 Å². The van der Waals surface area contributed by atoms with E-state index in [4.69, 9.17) is 0 Å². The van der Waals surface area contributed by atoms with Crippen LogP contribution in [0.3, 0.4) is 0 Å². The summed E-state index contributed by atoms with van der Waals surface area (Å²) >= 11 is 0. The van der Waals surface area contributed by atoms with Gasteiger partial charge in [-0.3, -0.25) is 9.59 Å². The van der Waals surface area contributed by atoms with Crippen LogP contribution in [0.1, 0.15) is 39.5 Å². The van der Waals surface area contributed by atoms with Crippen molar-refractivity contribution in [3.05, 3.63) is 0 Å². The first-order chi connectivity index (χ1) is 7.69. The van der Waals surface area contributed by atoms with Crippen LogP contribution >= 0.6 is 0 Å². The molecule has 1 fully saturated rings. The molecule has 92 valence electrons. The van der Waals surface area contributed by atoms with E-state index in [1.807, 2.05) is 18.7 Å². The largest absolute Gasteiger partial charge is 0.356 e. The standard InChI is InChI=1S/C12H22N2O2/c1-3-6-11(15)14-8-5-7-10(9-14)12(16)13-4-2/h10H,3-9H2,1-2H3,(H,13,16). The number of hydrogen-bond acceptors (Lipinski definition) is 2. The van der Waals surface area contributed by atoms with Gasteiger partial charge in [0.15, 0.2) is 0 Å². The van der Waals surface area contributed by atoms with Gasteiger partial charge in [-0.1, -0.05) is 6.92 Å². The lowest BCUT2D eigenvalue weighted by Gasteiger charge is -2.32. The number of hydrogen-bond donors (Lipinski definition) is 1. The predicted octanol–water partition coefficient (Wildman–Crippen LogP) is 1.16. The molecule has 0 aromatic rings. The van der Waals surface area contributed by atoms with Gasteiger partial charge in [-0.2, -0.15) is 0 Å². The summed E-state index contributed by atoms with van der Waals surface area (Å²) in [5.74, 6) is 0.280. The molecule has 0 saturated carbocycles. The van der Waals surface area contributed by atoms with Gasteiger partial charge in [0.25, 0.3) is 0 Å². The number of carbonyl (C=O) groups excluding carboxylic acids is 2. The fourth-order valence-corrected chi connectivity index (χ4v) is 2.11. The minimum absolute atomic E-state index is 0.00509. The number of amides is 2. The molecule has 0 radical (unpaired) electrons. The first-order valence-electron chi connectivity index (χ1n) is 6.24. The van der Waals surface area contributed by atoms with Gasteiger partial charge in [0.05, 0.1) is 5.92 Å². The van der Waals surface area contributed by atoms with E-state index in [2.05, 4.69) is 5.32 Å². The summed E-state index contributed by atoms with van der Waals surface area (Å²) in [4.78, 5) is 25.2. The maximum absolute atomic E-state index is 11.7. The van der Waals surface area contributed by atoms with Crippen LogP contribution in [0.2, 0.25) is 0 Å². The smallest absolute Gasteiger partial charge is 0.224 e. The van der Waals surface area contributed by atoms with E-state index in [-0.39, 0.29) is 17.7 Å². The predicted molar refractivity (Wildman–Crippen MR) is 62.9 cm³/mol. The fraction of sp³-hybridized carbons (Fsp3) is 0.833. The zero-order chi connectivity index (χ0) is 12.0. The van der Waals surface area contributed by atoms with Crippen LogP contribution in [0, 0.1) is 5.92 Å². The zero-order valence-corrected chi connectivity index (χ0v) is 10.3. The van der Waals surface area contributed by atoms with Gasteiger partial charge in [-0.15, -0.1) is 0 Å². The average Bonchev–Trinajstić information content (AvgIpc) is 2.30. The molecule has 0 aromatic heterocycles. The second-order valence-corrected chi connectivity index (χ2v) is 4.32. The second-order valence-electron chi connectivity index (χ2n) is 4.32. The lowest BCUT2D eigenvalue weighted by atomic mass is 9.97. The van der Waals surface area contributed by atoms with E-state index < -0.39 is 0 Å². The molecular formula is C12H22N2O2. The van der Waals surface area contributed by atoms with Gasteiger partial charge in [0.1, 0.15) is 0 Å². The Hall–Kier alpha value is -1.06. The topological polar surface area (TPSA) is 49.4 Å².